The van der Waals surface area contributed by atoms with Crippen molar-refractivity contribution >= 4 is 28.7 Å². The molecule has 0 unspecified atom stereocenters. The van der Waals surface area contributed by atoms with E-state index in [0.717, 1.165) is 17.7 Å². The fourth-order valence-electron chi connectivity index (χ4n) is 1.67. The van der Waals surface area contributed by atoms with E-state index in [1.165, 1.54) is 6.07 Å². The standard InChI is InChI=1S/C13H9ClN4O4/c14-11-4-2-1-3-9(11)8-15-16-12-6-5-10(17(19)20)7-13(12)18(21)22/h1-7H,8H2. The van der Waals surface area contributed by atoms with Gasteiger partial charge in [0.15, 0.2) is 5.69 Å². The Labute approximate surface area is 129 Å². The van der Waals surface area contributed by atoms with Crippen LogP contribution in [0.3, 0.4) is 0 Å². The second kappa shape index (κ2) is 6.72. The zero-order valence-corrected chi connectivity index (χ0v) is 11.8. The Balaban J connectivity index is 2.25. The van der Waals surface area contributed by atoms with Gasteiger partial charge in [0.2, 0.25) is 0 Å². The maximum Gasteiger partial charge on any atom is 0.303 e. The van der Waals surface area contributed by atoms with Crippen LogP contribution < -0.4 is 0 Å². The number of halogens is 1. The van der Waals surface area contributed by atoms with Crippen molar-refractivity contribution in [2.45, 2.75) is 6.54 Å². The number of azo groups is 1. The molecule has 0 N–H and O–H groups in total. The summed E-state index contributed by atoms with van der Waals surface area (Å²) in [5, 5.41) is 29.7. The summed E-state index contributed by atoms with van der Waals surface area (Å²) in [4.78, 5) is 20.1. The van der Waals surface area contributed by atoms with E-state index in [4.69, 9.17) is 11.6 Å². The van der Waals surface area contributed by atoms with Crippen molar-refractivity contribution in [3.05, 3.63) is 73.3 Å². The van der Waals surface area contributed by atoms with Crippen LogP contribution in [-0.4, -0.2) is 9.85 Å². The molecule has 112 valence electrons. The zero-order valence-electron chi connectivity index (χ0n) is 11.0. The molecular weight excluding hydrogens is 312 g/mol. The minimum Gasteiger partial charge on any atom is -0.258 e. The lowest BCUT2D eigenvalue weighted by Crippen LogP contribution is -1.92. The molecule has 0 aliphatic carbocycles. The lowest BCUT2D eigenvalue weighted by molar-refractivity contribution is -0.393. The number of nitro groups is 2. The average molecular weight is 321 g/mol. The van der Waals surface area contributed by atoms with Crippen molar-refractivity contribution < 1.29 is 9.85 Å². The lowest BCUT2D eigenvalue weighted by atomic mass is 10.2. The van der Waals surface area contributed by atoms with Crippen LogP contribution in [-0.2, 0) is 6.54 Å². The van der Waals surface area contributed by atoms with E-state index in [2.05, 4.69) is 10.2 Å². The van der Waals surface area contributed by atoms with Crippen molar-refractivity contribution in [1.82, 2.24) is 0 Å². The summed E-state index contributed by atoms with van der Waals surface area (Å²) in [6.07, 6.45) is 0. The van der Waals surface area contributed by atoms with Gasteiger partial charge in [-0.05, 0) is 17.7 Å². The van der Waals surface area contributed by atoms with E-state index in [1.807, 2.05) is 0 Å². The molecule has 0 fully saturated rings. The van der Waals surface area contributed by atoms with Crippen molar-refractivity contribution in [1.29, 1.82) is 0 Å². The van der Waals surface area contributed by atoms with Gasteiger partial charge in [-0.15, -0.1) is 5.11 Å². The molecule has 22 heavy (non-hydrogen) atoms. The van der Waals surface area contributed by atoms with E-state index >= 15 is 0 Å². The summed E-state index contributed by atoms with van der Waals surface area (Å²) in [5.41, 5.74) is -0.186. The van der Waals surface area contributed by atoms with Crippen molar-refractivity contribution in [3.8, 4) is 0 Å². The largest absolute Gasteiger partial charge is 0.303 e. The van der Waals surface area contributed by atoms with Gasteiger partial charge in [0.05, 0.1) is 22.5 Å². The monoisotopic (exact) mass is 320 g/mol. The van der Waals surface area contributed by atoms with E-state index in [0.29, 0.717) is 5.02 Å². The molecular formula is C13H9ClN4O4. The number of non-ortho nitro benzene ring substituents is 1. The number of rotatable bonds is 5. The third-order valence-electron chi connectivity index (χ3n) is 2.74. The molecule has 8 nitrogen and oxygen atoms in total. The van der Waals surface area contributed by atoms with Gasteiger partial charge in [-0.25, -0.2) is 0 Å². The predicted molar refractivity (Wildman–Crippen MR) is 79.4 cm³/mol. The maximum absolute atomic E-state index is 10.9. The molecule has 2 rings (SSSR count). The third kappa shape index (κ3) is 3.61. The van der Waals surface area contributed by atoms with Crippen LogP contribution in [0, 0.1) is 20.2 Å². The van der Waals surface area contributed by atoms with Gasteiger partial charge in [-0.1, -0.05) is 29.8 Å². The summed E-state index contributed by atoms with van der Waals surface area (Å²) in [5.74, 6) is 0. The van der Waals surface area contributed by atoms with Gasteiger partial charge < -0.3 is 0 Å². The molecule has 9 heteroatoms. The fourth-order valence-corrected chi connectivity index (χ4v) is 1.87. The molecule has 0 saturated heterocycles. The summed E-state index contributed by atoms with van der Waals surface area (Å²) >= 11 is 5.96. The predicted octanol–water partition coefficient (Wildman–Crippen LogP) is 4.44. The molecule has 0 heterocycles. The fraction of sp³-hybridized carbons (Fsp3) is 0.0769. The SMILES string of the molecule is O=[N+]([O-])c1ccc(N=NCc2ccccc2Cl)c([N+](=O)[O-])c1. The Bertz CT molecular complexity index is 763. The van der Waals surface area contributed by atoms with Crippen LogP contribution in [0.25, 0.3) is 0 Å². The van der Waals surface area contributed by atoms with E-state index in [1.54, 1.807) is 24.3 Å². The Hall–Kier alpha value is -2.87. The Morgan fingerprint density at radius 2 is 1.77 bits per heavy atom. The molecule has 0 spiro atoms. The molecule has 0 saturated carbocycles. The highest BCUT2D eigenvalue weighted by Crippen LogP contribution is 2.31. The zero-order chi connectivity index (χ0) is 16.1. The van der Waals surface area contributed by atoms with Crippen LogP contribution >= 0.6 is 11.6 Å². The van der Waals surface area contributed by atoms with Crippen LogP contribution in [0.5, 0.6) is 0 Å². The van der Waals surface area contributed by atoms with Gasteiger partial charge >= 0.3 is 5.69 Å². The van der Waals surface area contributed by atoms with Gasteiger partial charge in [-0.2, -0.15) is 5.11 Å². The Morgan fingerprint density at radius 1 is 1.05 bits per heavy atom. The van der Waals surface area contributed by atoms with Gasteiger partial charge in [0.25, 0.3) is 5.69 Å². The molecule has 0 amide bonds. The van der Waals surface area contributed by atoms with Crippen LogP contribution in [0.15, 0.2) is 52.7 Å². The highest BCUT2D eigenvalue weighted by atomic mass is 35.5. The maximum atomic E-state index is 10.9. The molecule has 2 aromatic rings. The van der Waals surface area contributed by atoms with E-state index < -0.39 is 15.5 Å². The normalized spacial score (nSPS) is 10.8. The van der Waals surface area contributed by atoms with Crippen LogP contribution in [0.2, 0.25) is 5.02 Å². The van der Waals surface area contributed by atoms with Crippen LogP contribution in [0.4, 0.5) is 17.1 Å². The first-order valence-electron chi connectivity index (χ1n) is 6.03. The summed E-state index contributed by atoms with van der Waals surface area (Å²) < 4.78 is 0. The molecule has 2 aromatic carbocycles. The summed E-state index contributed by atoms with van der Waals surface area (Å²) in [6, 6.07) is 10.2. The average Bonchev–Trinajstić information content (AvgIpc) is 2.49. The second-order valence-corrected chi connectivity index (χ2v) is 4.59. The first-order chi connectivity index (χ1) is 10.5. The number of nitro benzene ring substituents is 2. The van der Waals surface area contributed by atoms with Crippen molar-refractivity contribution in [3.63, 3.8) is 0 Å². The molecule has 0 aromatic heterocycles. The number of benzene rings is 2. The summed E-state index contributed by atoms with van der Waals surface area (Å²) in [7, 11) is 0. The van der Waals surface area contributed by atoms with Crippen molar-refractivity contribution in [2.24, 2.45) is 10.2 Å². The molecule has 0 atom stereocenters. The number of nitrogens with zero attached hydrogens (tertiary/aromatic N) is 4. The molecule has 0 aliphatic rings. The van der Waals surface area contributed by atoms with Gasteiger partial charge in [-0.3, -0.25) is 20.2 Å². The first-order valence-corrected chi connectivity index (χ1v) is 6.40. The lowest BCUT2D eigenvalue weighted by Gasteiger charge is -1.99. The topological polar surface area (TPSA) is 111 Å². The quantitative estimate of drug-likeness (QED) is 0.460. The molecule has 0 bridgehead atoms. The number of hydrogen-bond acceptors (Lipinski definition) is 6. The smallest absolute Gasteiger partial charge is 0.258 e. The van der Waals surface area contributed by atoms with E-state index in [9.17, 15) is 20.2 Å². The minimum absolute atomic E-state index is 0.0531. The minimum atomic E-state index is -0.739. The van der Waals surface area contributed by atoms with Gasteiger partial charge in [0, 0.05) is 11.1 Å². The number of hydrogen-bond donors (Lipinski definition) is 0. The Morgan fingerprint density at radius 3 is 2.41 bits per heavy atom. The highest BCUT2D eigenvalue weighted by Gasteiger charge is 2.19. The van der Waals surface area contributed by atoms with Crippen molar-refractivity contribution in [2.75, 3.05) is 0 Å². The Kier molecular flexibility index (Phi) is 4.74. The first kappa shape index (κ1) is 15.5. The third-order valence-corrected chi connectivity index (χ3v) is 3.11. The van der Waals surface area contributed by atoms with E-state index in [-0.39, 0.29) is 17.9 Å². The van der Waals surface area contributed by atoms with Crippen LogP contribution in [0.1, 0.15) is 5.56 Å². The summed E-state index contributed by atoms with van der Waals surface area (Å²) in [6.45, 7) is 0.147. The second-order valence-electron chi connectivity index (χ2n) is 4.18. The van der Waals surface area contributed by atoms with Gasteiger partial charge in [0.1, 0.15) is 0 Å². The molecule has 0 aliphatic heterocycles. The molecule has 0 radical (unpaired) electrons. The highest BCUT2D eigenvalue weighted by molar-refractivity contribution is 6.31.